The third-order valence-corrected chi connectivity index (χ3v) is 5.82. The summed E-state index contributed by atoms with van der Waals surface area (Å²) in [7, 11) is 1.67. The van der Waals surface area contributed by atoms with E-state index in [9.17, 15) is 4.79 Å². The van der Waals surface area contributed by atoms with E-state index in [0.29, 0.717) is 12.3 Å². The zero-order chi connectivity index (χ0) is 23.9. The van der Waals surface area contributed by atoms with Gasteiger partial charge in [0, 0.05) is 18.8 Å². The summed E-state index contributed by atoms with van der Waals surface area (Å²) in [5, 5.41) is 2.93. The number of aryl methyl sites for hydroxylation is 2. The molecule has 0 saturated carbocycles. The van der Waals surface area contributed by atoms with Gasteiger partial charge in [0.05, 0.1) is 13.7 Å². The number of furan rings is 1. The number of anilines is 1. The first kappa shape index (κ1) is 23.3. The van der Waals surface area contributed by atoms with Crippen LogP contribution in [-0.4, -0.2) is 17.9 Å². The molecule has 1 amide bonds. The molecule has 1 N–H and O–H groups in total. The maximum atomic E-state index is 12.7. The third kappa shape index (κ3) is 6.15. The lowest BCUT2D eigenvalue weighted by Crippen LogP contribution is -2.22. The van der Waals surface area contributed by atoms with Crippen molar-refractivity contribution in [3.8, 4) is 5.75 Å². The predicted molar refractivity (Wildman–Crippen MR) is 135 cm³/mol. The lowest BCUT2D eigenvalue weighted by Gasteiger charge is -2.22. The number of ether oxygens (including phenoxy) is 1. The van der Waals surface area contributed by atoms with Crippen molar-refractivity contribution in [3.05, 3.63) is 119 Å². The van der Waals surface area contributed by atoms with E-state index in [0.717, 1.165) is 41.4 Å². The van der Waals surface area contributed by atoms with Crippen LogP contribution in [-0.2, 0) is 19.6 Å². The maximum Gasteiger partial charge on any atom is 0.291 e. The molecule has 0 fully saturated rings. The van der Waals surface area contributed by atoms with Crippen molar-refractivity contribution in [1.29, 1.82) is 0 Å². The molecule has 0 aliphatic rings. The first-order valence-electron chi connectivity index (χ1n) is 11.4. The van der Waals surface area contributed by atoms with Gasteiger partial charge in [-0.05, 0) is 72.5 Å². The molecule has 0 radical (unpaired) electrons. The zero-order valence-corrected chi connectivity index (χ0v) is 19.9. The summed E-state index contributed by atoms with van der Waals surface area (Å²) in [6, 6.07) is 27.9. The largest absolute Gasteiger partial charge is 0.497 e. The van der Waals surface area contributed by atoms with Crippen LogP contribution in [0.4, 0.5) is 5.69 Å². The molecule has 34 heavy (non-hydrogen) atoms. The number of carbonyl (C=O) groups is 1. The van der Waals surface area contributed by atoms with Gasteiger partial charge in [0.15, 0.2) is 5.76 Å². The molecule has 0 atom stereocenters. The van der Waals surface area contributed by atoms with E-state index in [2.05, 4.69) is 28.4 Å². The highest BCUT2D eigenvalue weighted by molar-refractivity contribution is 6.02. The molecule has 3 aromatic carbocycles. The van der Waals surface area contributed by atoms with Gasteiger partial charge in [-0.1, -0.05) is 48.5 Å². The summed E-state index contributed by atoms with van der Waals surface area (Å²) < 4.78 is 11.3. The number of methoxy groups -OCH3 is 1. The normalized spacial score (nSPS) is 10.9. The van der Waals surface area contributed by atoms with Crippen LogP contribution in [0.3, 0.4) is 0 Å². The van der Waals surface area contributed by atoms with Gasteiger partial charge in [0.25, 0.3) is 5.91 Å². The Balaban J connectivity index is 1.48. The number of hydrogen-bond acceptors (Lipinski definition) is 4. The molecule has 5 nitrogen and oxygen atoms in total. The number of rotatable bonds is 9. The second kappa shape index (κ2) is 10.9. The van der Waals surface area contributed by atoms with E-state index >= 15 is 0 Å². The first-order valence-corrected chi connectivity index (χ1v) is 11.4. The Bertz CT molecular complexity index is 1250. The predicted octanol–water partition coefficient (Wildman–Crippen LogP) is 6.36. The van der Waals surface area contributed by atoms with Crippen LogP contribution >= 0.6 is 0 Å². The standard InChI is InChI=1S/C29H30N2O3/c1-21-12-13-25(16-22(21)2)30-29(32)28-15-14-27(34-28)20-31(18-23-8-5-4-6-9-23)19-24-10-7-11-26(17-24)33-3/h4-17H,18-20H2,1-3H3,(H,30,32). The Hall–Kier alpha value is -3.83. The SMILES string of the molecule is COc1cccc(CN(Cc2ccccc2)Cc2ccc(C(=O)Nc3ccc(C)c(C)c3)o2)c1. The molecular formula is C29H30N2O3. The molecule has 5 heteroatoms. The molecular weight excluding hydrogens is 424 g/mol. The number of amides is 1. The van der Waals surface area contributed by atoms with Crippen LogP contribution in [0.1, 0.15) is 38.6 Å². The Labute approximate surface area is 201 Å². The molecule has 1 aromatic heterocycles. The highest BCUT2D eigenvalue weighted by atomic mass is 16.5. The second-order valence-corrected chi connectivity index (χ2v) is 8.50. The van der Waals surface area contributed by atoms with Crippen LogP contribution in [0.5, 0.6) is 5.75 Å². The van der Waals surface area contributed by atoms with Crippen LogP contribution < -0.4 is 10.1 Å². The van der Waals surface area contributed by atoms with Crippen molar-refractivity contribution in [1.82, 2.24) is 4.90 Å². The number of hydrogen-bond donors (Lipinski definition) is 1. The molecule has 0 saturated heterocycles. The number of nitrogens with one attached hydrogen (secondary N) is 1. The van der Waals surface area contributed by atoms with Crippen LogP contribution in [0.15, 0.2) is 89.3 Å². The third-order valence-electron chi connectivity index (χ3n) is 5.82. The van der Waals surface area contributed by atoms with E-state index < -0.39 is 0 Å². The van der Waals surface area contributed by atoms with Crippen molar-refractivity contribution in [3.63, 3.8) is 0 Å². The van der Waals surface area contributed by atoms with E-state index in [4.69, 9.17) is 9.15 Å². The molecule has 174 valence electrons. The quantitative estimate of drug-likeness (QED) is 0.320. The highest BCUT2D eigenvalue weighted by Gasteiger charge is 2.15. The van der Waals surface area contributed by atoms with Gasteiger partial charge in [0.2, 0.25) is 0 Å². The summed E-state index contributed by atoms with van der Waals surface area (Å²) in [5.74, 6) is 1.62. The van der Waals surface area contributed by atoms with E-state index in [-0.39, 0.29) is 5.91 Å². The Morgan fingerprint density at radius 3 is 2.35 bits per heavy atom. The van der Waals surface area contributed by atoms with Gasteiger partial charge in [-0.2, -0.15) is 0 Å². The molecule has 4 rings (SSSR count). The van der Waals surface area contributed by atoms with Gasteiger partial charge < -0.3 is 14.5 Å². The van der Waals surface area contributed by atoms with Gasteiger partial charge in [-0.25, -0.2) is 0 Å². The monoisotopic (exact) mass is 454 g/mol. The number of carbonyl (C=O) groups excluding carboxylic acids is 1. The summed E-state index contributed by atoms with van der Waals surface area (Å²) in [4.78, 5) is 15.0. The molecule has 0 spiro atoms. The van der Waals surface area contributed by atoms with Crippen LogP contribution in [0.25, 0.3) is 0 Å². The van der Waals surface area contributed by atoms with Crippen molar-refractivity contribution >= 4 is 11.6 Å². The number of nitrogens with zero attached hydrogens (tertiary/aromatic N) is 1. The van der Waals surface area contributed by atoms with Crippen molar-refractivity contribution in [2.75, 3.05) is 12.4 Å². The molecule has 0 aliphatic heterocycles. The van der Waals surface area contributed by atoms with E-state index in [1.54, 1.807) is 13.2 Å². The van der Waals surface area contributed by atoms with Crippen LogP contribution in [0.2, 0.25) is 0 Å². The topological polar surface area (TPSA) is 54.7 Å². The molecule has 4 aromatic rings. The smallest absolute Gasteiger partial charge is 0.291 e. The summed E-state index contributed by atoms with van der Waals surface area (Å²) in [6.45, 7) is 6.12. The minimum absolute atomic E-state index is 0.253. The fourth-order valence-electron chi connectivity index (χ4n) is 3.86. The average molecular weight is 455 g/mol. The summed E-state index contributed by atoms with van der Waals surface area (Å²) in [5.41, 5.74) is 5.44. The molecule has 1 heterocycles. The lowest BCUT2D eigenvalue weighted by molar-refractivity contribution is 0.0992. The maximum absolute atomic E-state index is 12.7. The summed E-state index contributed by atoms with van der Waals surface area (Å²) in [6.07, 6.45) is 0. The summed E-state index contributed by atoms with van der Waals surface area (Å²) >= 11 is 0. The lowest BCUT2D eigenvalue weighted by atomic mass is 10.1. The van der Waals surface area contributed by atoms with Gasteiger partial charge in [-0.3, -0.25) is 9.69 Å². The van der Waals surface area contributed by atoms with Gasteiger partial charge in [0.1, 0.15) is 11.5 Å². The van der Waals surface area contributed by atoms with Gasteiger partial charge in [-0.15, -0.1) is 0 Å². The minimum atomic E-state index is -0.253. The minimum Gasteiger partial charge on any atom is -0.497 e. The fourth-order valence-corrected chi connectivity index (χ4v) is 3.86. The Morgan fingerprint density at radius 1 is 0.824 bits per heavy atom. The zero-order valence-electron chi connectivity index (χ0n) is 19.9. The Kier molecular flexibility index (Phi) is 7.45. The average Bonchev–Trinajstić information content (AvgIpc) is 3.31. The van der Waals surface area contributed by atoms with Crippen molar-refractivity contribution in [2.24, 2.45) is 0 Å². The first-order chi connectivity index (χ1) is 16.5. The van der Waals surface area contributed by atoms with E-state index in [1.807, 2.05) is 74.5 Å². The molecule has 0 bridgehead atoms. The molecule has 0 aliphatic carbocycles. The Morgan fingerprint density at radius 2 is 1.59 bits per heavy atom. The fraction of sp³-hybridized carbons (Fsp3) is 0.207. The number of benzene rings is 3. The van der Waals surface area contributed by atoms with Crippen molar-refractivity contribution in [2.45, 2.75) is 33.5 Å². The van der Waals surface area contributed by atoms with E-state index in [1.165, 1.54) is 11.1 Å². The molecule has 0 unspecified atom stereocenters. The van der Waals surface area contributed by atoms with Crippen LogP contribution in [0, 0.1) is 13.8 Å². The van der Waals surface area contributed by atoms with Crippen molar-refractivity contribution < 1.29 is 13.9 Å². The van der Waals surface area contributed by atoms with Gasteiger partial charge >= 0.3 is 0 Å². The highest BCUT2D eigenvalue weighted by Crippen LogP contribution is 2.20. The second-order valence-electron chi connectivity index (χ2n) is 8.50.